The van der Waals surface area contributed by atoms with Gasteiger partial charge in [0.15, 0.2) is 0 Å². The Labute approximate surface area is 227 Å². The standard InChI is InChI=1S/C31H34BrNO4/c1-3-4-5-22-6-8-24(9-7-22)21-33(17-16-29(34)35)30(36)25-12-15-28-26(18-25)20-31(2,37-28)19-23-10-13-27(32)14-11-23/h6-15,18H,3-5,16-17,19-21H2,1-2H3,(H,34,35). The van der Waals surface area contributed by atoms with Gasteiger partial charge in [0.1, 0.15) is 11.4 Å². The van der Waals surface area contributed by atoms with Crippen molar-refractivity contribution in [2.45, 2.75) is 64.5 Å². The van der Waals surface area contributed by atoms with E-state index in [-0.39, 0.29) is 24.5 Å². The second-order valence-electron chi connectivity index (χ2n) is 10.1. The first kappa shape index (κ1) is 26.9. The second kappa shape index (κ2) is 12.0. The third-order valence-electron chi connectivity index (χ3n) is 6.82. The van der Waals surface area contributed by atoms with E-state index in [9.17, 15) is 14.7 Å². The van der Waals surface area contributed by atoms with E-state index in [1.54, 1.807) is 11.0 Å². The molecule has 5 nitrogen and oxygen atoms in total. The zero-order valence-corrected chi connectivity index (χ0v) is 23.1. The maximum absolute atomic E-state index is 13.5. The lowest BCUT2D eigenvalue weighted by atomic mass is 9.91. The van der Waals surface area contributed by atoms with Gasteiger partial charge in [0, 0.05) is 36.0 Å². The first-order chi connectivity index (χ1) is 17.7. The average Bonchev–Trinajstić information content (AvgIpc) is 3.21. The fraction of sp³-hybridized carbons (Fsp3) is 0.355. The van der Waals surface area contributed by atoms with E-state index in [1.165, 1.54) is 11.1 Å². The molecule has 1 heterocycles. The molecular formula is C31H34BrNO4. The van der Waals surface area contributed by atoms with Crippen molar-refractivity contribution >= 4 is 27.8 Å². The van der Waals surface area contributed by atoms with Gasteiger partial charge in [-0.05, 0) is 72.4 Å². The molecule has 1 aliphatic heterocycles. The summed E-state index contributed by atoms with van der Waals surface area (Å²) >= 11 is 3.48. The normalized spacial score (nSPS) is 16.2. The fourth-order valence-corrected chi connectivity index (χ4v) is 5.13. The number of aryl methyl sites for hydroxylation is 1. The molecule has 1 aliphatic rings. The summed E-state index contributed by atoms with van der Waals surface area (Å²) in [5, 5.41) is 9.26. The van der Waals surface area contributed by atoms with Crippen LogP contribution in [0.15, 0.2) is 71.2 Å². The van der Waals surface area contributed by atoms with Gasteiger partial charge in [-0.2, -0.15) is 0 Å². The number of carbonyl (C=O) groups excluding carboxylic acids is 1. The minimum Gasteiger partial charge on any atom is -0.487 e. The van der Waals surface area contributed by atoms with Crippen molar-refractivity contribution in [2.75, 3.05) is 6.54 Å². The second-order valence-corrected chi connectivity index (χ2v) is 11.1. The van der Waals surface area contributed by atoms with Crippen molar-refractivity contribution in [2.24, 2.45) is 0 Å². The largest absolute Gasteiger partial charge is 0.487 e. The van der Waals surface area contributed by atoms with E-state index in [2.05, 4.69) is 54.0 Å². The number of hydrogen-bond acceptors (Lipinski definition) is 3. The molecular weight excluding hydrogens is 530 g/mol. The van der Waals surface area contributed by atoms with Crippen LogP contribution in [0.5, 0.6) is 5.75 Å². The molecule has 0 bridgehead atoms. The van der Waals surface area contributed by atoms with E-state index < -0.39 is 5.97 Å². The van der Waals surface area contributed by atoms with Crippen LogP contribution in [0.25, 0.3) is 0 Å². The smallest absolute Gasteiger partial charge is 0.305 e. The molecule has 0 saturated heterocycles. The predicted molar refractivity (Wildman–Crippen MR) is 149 cm³/mol. The number of halogens is 1. The molecule has 4 rings (SSSR count). The highest BCUT2D eigenvalue weighted by Crippen LogP contribution is 2.38. The van der Waals surface area contributed by atoms with Crippen LogP contribution >= 0.6 is 15.9 Å². The maximum Gasteiger partial charge on any atom is 0.305 e. The van der Waals surface area contributed by atoms with Crippen molar-refractivity contribution in [3.8, 4) is 5.75 Å². The third-order valence-corrected chi connectivity index (χ3v) is 7.35. The van der Waals surface area contributed by atoms with Crippen molar-refractivity contribution in [3.05, 3.63) is 99.0 Å². The van der Waals surface area contributed by atoms with Crippen molar-refractivity contribution in [3.63, 3.8) is 0 Å². The number of hydrogen-bond donors (Lipinski definition) is 1. The Morgan fingerprint density at radius 3 is 2.35 bits per heavy atom. The quantitative estimate of drug-likeness (QED) is 0.277. The lowest BCUT2D eigenvalue weighted by Gasteiger charge is -2.24. The van der Waals surface area contributed by atoms with Gasteiger partial charge in [-0.1, -0.05) is 65.7 Å². The van der Waals surface area contributed by atoms with E-state index in [1.807, 2.05) is 36.4 Å². The predicted octanol–water partition coefficient (Wildman–Crippen LogP) is 6.85. The summed E-state index contributed by atoms with van der Waals surface area (Å²) in [7, 11) is 0. The van der Waals surface area contributed by atoms with Crippen molar-refractivity contribution in [1.82, 2.24) is 4.90 Å². The minimum absolute atomic E-state index is 0.0976. The lowest BCUT2D eigenvalue weighted by molar-refractivity contribution is -0.137. The Bertz CT molecular complexity index is 1240. The monoisotopic (exact) mass is 563 g/mol. The van der Waals surface area contributed by atoms with Gasteiger partial charge < -0.3 is 14.7 Å². The summed E-state index contributed by atoms with van der Waals surface area (Å²) in [6, 6.07) is 22.1. The van der Waals surface area contributed by atoms with E-state index in [0.29, 0.717) is 18.5 Å². The summed E-state index contributed by atoms with van der Waals surface area (Å²) in [5.74, 6) is -0.282. The summed E-state index contributed by atoms with van der Waals surface area (Å²) < 4.78 is 7.36. The molecule has 37 heavy (non-hydrogen) atoms. The van der Waals surface area contributed by atoms with E-state index >= 15 is 0 Å². The Morgan fingerprint density at radius 2 is 1.68 bits per heavy atom. The van der Waals surface area contributed by atoms with E-state index in [4.69, 9.17) is 4.74 Å². The molecule has 3 aromatic rings. The summed E-state index contributed by atoms with van der Waals surface area (Å²) in [6.07, 6.45) is 4.70. The SMILES string of the molecule is CCCCc1ccc(CN(CCC(=O)O)C(=O)c2ccc3c(c2)CC(C)(Cc2ccc(Br)cc2)O3)cc1. The molecule has 0 radical (unpaired) electrons. The molecule has 1 N–H and O–H groups in total. The number of rotatable bonds is 11. The molecule has 0 saturated carbocycles. The fourth-order valence-electron chi connectivity index (χ4n) is 4.87. The van der Waals surface area contributed by atoms with Crippen molar-refractivity contribution < 1.29 is 19.4 Å². The first-order valence-corrected chi connectivity index (χ1v) is 13.7. The Kier molecular flexibility index (Phi) is 8.70. The van der Waals surface area contributed by atoms with Crippen LogP contribution in [-0.2, 0) is 30.6 Å². The Morgan fingerprint density at radius 1 is 1.00 bits per heavy atom. The molecule has 1 unspecified atom stereocenters. The van der Waals surface area contributed by atoms with Crippen LogP contribution in [0.4, 0.5) is 0 Å². The number of carbonyl (C=O) groups is 2. The topological polar surface area (TPSA) is 66.8 Å². The lowest BCUT2D eigenvalue weighted by Crippen LogP contribution is -2.33. The Balaban J connectivity index is 1.48. The first-order valence-electron chi connectivity index (χ1n) is 12.9. The third kappa shape index (κ3) is 7.22. The summed E-state index contributed by atoms with van der Waals surface area (Å²) in [6.45, 7) is 4.80. The molecule has 194 valence electrons. The van der Waals surface area contributed by atoms with Gasteiger partial charge in [-0.3, -0.25) is 9.59 Å². The highest BCUT2D eigenvalue weighted by molar-refractivity contribution is 9.10. The molecule has 3 aromatic carbocycles. The number of ether oxygens (including phenoxy) is 1. The van der Waals surface area contributed by atoms with Crippen LogP contribution in [0.1, 0.15) is 65.7 Å². The van der Waals surface area contributed by atoms with Gasteiger partial charge in [0.2, 0.25) is 0 Å². The summed E-state index contributed by atoms with van der Waals surface area (Å²) in [4.78, 5) is 26.5. The molecule has 0 fully saturated rings. The van der Waals surface area contributed by atoms with Crippen LogP contribution in [0.3, 0.4) is 0 Å². The molecule has 0 aliphatic carbocycles. The van der Waals surface area contributed by atoms with Crippen LogP contribution < -0.4 is 4.74 Å². The molecule has 1 amide bonds. The molecule has 6 heteroatoms. The maximum atomic E-state index is 13.5. The summed E-state index contributed by atoms with van der Waals surface area (Å²) in [5.41, 5.74) is 4.63. The van der Waals surface area contributed by atoms with Gasteiger partial charge in [0.05, 0.1) is 6.42 Å². The minimum atomic E-state index is -0.918. The number of carboxylic acids is 1. The van der Waals surface area contributed by atoms with Crippen LogP contribution in [-0.4, -0.2) is 34.0 Å². The van der Waals surface area contributed by atoms with Gasteiger partial charge in [0.25, 0.3) is 5.91 Å². The van der Waals surface area contributed by atoms with Gasteiger partial charge in [-0.25, -0.2) is 0 Å². The number of unbranched alkanes of at least 4 members (excludes halogenated alkanes) is 1. The zero-order chi connectivity index (χ0) is 26.4. The number of nitrogens with zero attached hydrogens (tertiary/aromatic N) is 1. The number of amides is 1. The van der Waals surface area contributed by atoms with Crippen LogP contribution in [0, 0.1) is 0 Å². The number of fused-ring (bicyclic) bond motifs is 1. The average molecular weight is 565 g/mol. The zero-order valence-electron chi connectivity index (χ0n) is 21.5. The molecule has 1 atom stereocenters. The number of aliphatic carboxylic acids is 1. The van der Waals surface area contributed by atoms with Gasteiger partial charge >= 0.3 is 5.97 Å². The Hall–Kier alpha value is -3.12. The highest BCUT2D eigenvalue weighted by atomic mass is 79.9. The van der Waals surface area contributed by atoms with Gasteiger partial charge in [-0.15, -0.1) is 0 Å². The molecule has 0 spiro atoms. The highest BCUT2D eigenvalue weighted by Gasteiger charge is 2.35. The van der Waals surface area contributed by atoms with Crippen molar-refractivity contribution in [1.29, 1.82) is 0 Å². The van der Waals surface area contributed by atoms with E-state index in [0.717, 1.165) is 47.0 Å². The number of carboxylic acid groups (broad SMARTS) is 1. The van der Waals surface area contributed by atoms with Crippen LogP contribution in [0.2, 0.25) is 0 Å². The number of benzene rings is 3. The molecule has 0 aromatic heterocycles.